The SMILES string of the molecule is CCC(C)C(N)[C@H](C)c1ccc(Br)cc1. The molecule has 1 aromatic carbocycles. The molecule has 0 bridgehead atoms. The fourth-order valence-corrected chi connectivity index (χ4v) is 2.02. The van der Waals surface area contributed by atoms with Crippen LogP contribution in [-0.4, -0.2) is 6.04 Å². The molecule has 0 saturated carbocycles. The van der Waals surface area contributed by atoms with Crippen molar-refractivity contribution in [3.8, 4) is 0 Å². The van der Waals surface area contributed by atoms with E-state index in [1.807, 2.05) is 0 Å². The maximum atomic E-state index is 6.23. The second-order valence-corrected chi connectivity index (χ2v) is 5.22. The first-order chi connectivity index (χ1) is 7.06. The zero-order valence-corrected chi connectivity index (χ0v) is 11.3. The summed E-state index contributed by atoms with van der Waals surface area (Å²) < 4.78 is 1.12. The number of rotatable bonds is 4. The van der Waals surface area contributed by atoms with Gasteiger partial charge in [-0.3, -0.25) is 0 Å². The van der Waals surface area contributed by atoms with Crippen LogP contribution in [0.5, 0.6) is 0 Å². The Bertz CT molecular complexity index is 294. The Morgan fingerprint density at radius 3 is 2.20 bits per heavy atom. The Balaban J connectivity index is 2.75. The highest BCUT2D eigenvalue weighted by Crippen LogP contribution is 2.25. The lowest BCUT2D eigenvalue weighted by Crippen LogP contribution is -2.33. The fraction of sp³-hybridized carbons (Fsp3) is 0.538. The average molecular weight is 270 g/mol. The first-order valence-electron chi connectivity index (χ1n) is 5.57. The normalized spacial score (nSPS) is 17.1. The lowest BCUT2D eigenvalue weighted by Gasteiger charge is -2.25. The van der Waals surface area contributed by atoms with E-state index in [2.05, 4.69) is 61.0 Å². The highest BCUT2D eigenvalue weighted by Gasteiger charge is 2.19. The summed E-state index contributed by atoms with van der Waals surface area (Å²) in [6.45, 7) is 6.62. The van der Waals surface area contributed by atoms with Gasteiger partial charge in [0.25, 0.3) is 0 Å². The van der Waals surface area contributed by atoms with E-state index in [0.29, 0.717) is 11.8 Å². The Labute approximate surface area is 101 Å². The van der Waals surface area contributed by atoms with Gasteiger partial charge in [0.15, 0.2) is 0 Å². The fourth-order valence-electron chi connectivity index (χ4n) is 1.75. The molecule has 3 atom stereocenters. The second kappa shape index (κ2) is 5.66. The Hall–Kier alpha value is -0.340. The van der Waals surface area contributed by atoms with Crippen molar-refractivity contribution < 1.29 is 0 Å². The van der Waals surface area contributed by atoms with Crippen LogP contribution in [0.25, 0.3) is 0 Å². The van der Waals surface area contributed by atoms with Gasteiger partial charge in [0, 0.05) is 10.5 Å². The summed E-state index contributed by atoms with van der Waals surface area (Å²) in [6.07, 6.45) is 1.14. The van der Waals surface area contributed by atoms with Crippen LogP contribution in [0, 0.1) is 5.92 Å². The molecule has 0 heterocycles. The smallest absolute Gasteiger partial charge is 0.0175 e. The van der Waals surface area contributed by atoms with Crippen molar-refractivity contribution in [2.45, 2.75) is 39.2 Å². The molecule has 0 aliphatic rings. The molecule has 1 rings (SSSR count). The first kappa shape index (κ1) is 12.7. The molecule has 0 radical (unpaired) electrons. The number of benzene rings is 1. The predicted molar refractivity (Wildman–Crippen MR) is 70.0 cm³/mol. The van der Waals surface area contributed by atoms with Crippen LogP contribution in [0.1, 0.15) is 38.7 Å². The van der Waals surface area contributed by atoms with Gasteiger partial charge in [0.2, 0.25) is 0 Å². The van der Waals surface area contributed by atoms with Gasteiger partial charge in [0.05, 0.1) is 0 Å². The van der Waals surface area contributed by atoms with E-state index in [9.17, 15) is 0 Å². The molecule has 0 fully saturated rings. The van der Waals surface area contributed by atoms with Gasteiger partial charge in [-0.25, -0.2) is 0 Å². The van der Waals surface area contributed by atoms with E-state index in [1.165, 1.54) is 5.56 Å². The molecule has 0 amide bonds. The van der Waals surface area contributed by atoms with E-state index in [1.54, 1.807) is 0 Å². The molecular formula is C13H20BrN. The summed E-state index contributed by atoms with van der Waals surface area (Å²) in [4.78, 5) is 0. The van der Waals surface area contributed by atoms with Crippen molar-refractivity contribution in [3.05, 3.63) is 34.3 Å². The molecule has 0 saturated heterocycles. The monoisotopic (exact) mass is 269 g/mol. The van der Waals surface area contributed by atoms with E-state index >= 15 is 0 Å². The minimum absolute atomic E-state index is 0.246. The van der Waals surface area contributed by atoms with Crippen LogP contribution in [0.4, 0.5) is 0 Å². The van der Waals surface area contributed by atoms with Crippen LogP contribution < -0.4 is 5.73 Å². The summed E-state index contributed by atoms with van der Waals surface area (Å²) in [7, 11) is 0. The zero-order valence-electron chi connectivity index (χ0n) is 9.70. The third-order valence-electron chi connectivity index (χ3n) is 3.27. The highest BCUT2D eigenvalue weighted by molar-refractivity contribution is 9.10. The third kappa shape index (κ3) is 3.32. The first-order valence-corrected chi connectivity index (χ1v) is 6.36. The van der Waals surface area contributed by atoms with Crippen molar-refractivity contribution in [2.75, 3.05) is 0 Å². The van der Waals surface area contributed by atoms with Crippen molar-refractivity contribution in [3.63, 3.8) is 0 Å². The van der Waals surface area contributed by atoms with Gasteiger partial charge in [0.1, 0.15) is 0 Å². The second-order valence-electron chi connectivity index (χ2n) is 4.30. The third-order valence-corrected chi connectivity index (χ3v) is 3.80. The molecule has 2 heteroatoms. The molecule has 84 valence electrons. The number of nitrogens with two attached hydrogens (primary N) is 1. The molecule has 2 unspecified atom stereocenters. The highest BCUT2D eigenvalue weighted by atomic mass is 79.9. The molecular weight excluding hydrogens is 250 g/mol. The summed E-state index contributed by atoms with van der Waals surface area (Å²) in [6, 6.07) is 8.70. The standard InChI is InChI=1S/C13H20BrN/c1-4-9(2)13(15)10(3)11-5-7-12(14)8-6-11/h5-10,13H,4,15H2,1-3H3/t9?,10-,13?/m1/s1. The van der Waals surface area contributed by atoms with Crippen LogP contribution in [-0.2, 0) is 0 Å². The molecule has 0 spiro atoms. The molecule has 0 aromatic heterocycles. The van der Waals surface area contributed by atoms with Gasteiger partial charge in [-0.05, 0) is 29.5 Å². The van der Waals surface area contributed by atoms with Crippen LogP contribution in [0.15, 0.2) is 28.7 Å². The summed E-state index contributed by atoms with van der Waals surface area (Å²) >= 11 is 3.44. The number of halogens is 1. The topological polar surface area (TPSA) is 26.0 Å². The molecule has 1 aromatic rings. The van der Waals surface area contributed by atoms with Crippen LogP contribution in [0.3, 0.4) is 0 Å². The Kier molecular flexibility index (Phi) is 4.81. The molecule has 0 aliphatic carbocycles. The van der Waals surface area contributed by atoms with Gasteiger partial charge in [-0.1, -0.05) is 55.3 Å². The zero-order chi connectivity index (χ0) is 11.4. The quantitative estimate of drug-likeness (QED) is 0.881. The van der Waals surface area contributed by atoms with Crippen molar-refractivity contribution >= 4 is 15.9 Å². The van der Waals surface area contributed by atoms with Gasteiger partial charge < -0.3 is 5.73 Å². The average Bonchev–Trinajstić information content (AvgIpc) is 2.27. The molecule has 1 nitrogen and oxygen atoms in total. The van der Waals surface area contributed by atoms with E-state index in [-0.39, 0.29) is 6.04 Å². The summed E-state index contributed by atoms with van der Waals surface area (Å²) in [5.74, 6) is 0.997. The van der Waals surface area contributed by atoms with Crippen LogP contribution in [0.2, 0.25) is 0 Å². The predicted octanol–water partition coefficient (Wildman–Crippen LogP) is 3.93. The Morgan fingerprint density at radius 2 is 1.73 bits per heavy atom. The van der Waals surface area contributed by atoms with Crippen molar-refractivity contribution in [1.82, 2.24) is 0 Å². The lowest BCUT2D eigenvalue weighted by molar-refractivity contribution is 0.396. The summed E-state index contributed by atoms with van der Waals surface area (Å²) in [5, 5.41) is 0. The minimum atomic E-state index is 0.246. The van der Waals surface area contributed by atoms with Crippen molar-refractivity contribution in [2.24, 2.45) is 11.7 Å². The molecule has 0 aliphatic heterocycles. The maximum Gasteiger partial charge on any atom is 0.0175 e. The molecule has 15 heavy (non-hydrogen) atoms. The van der Waals surface area contributed by atoms with Gasteiger partial charge >= 0.3 is 0 Å². The van der Waals surface area contributed by atoms with Gasteiger partial charge in [-0.2, -0.15) is 0 Å². The maximum absolute atomic E-state index is 6.23. The Morgan fingerprint density at radius 1 is 1.20 bits per heavy atom. The minimum Gasteiger partial charge on any atom is -0.327 e. The number of hydrogen-bond acceptors (Lipinski definition) is 1. The largest absolute Gasteiger partial charge is 0.327 e. The molecule has 2 N–H and O–H groups in total. The van der Waals surface area contributed by atoms with E-state index in [4.69, 9.17) is 5.73 Å². The number of hydrogen-bond donors (Lipinski definition) is 1. The van der Waals surface area contributed by atoms with Crippen LogP contribution >= 0.6 is 15.9 Å². The summed E-state index contributed by atoms with van der Waals surface area (Å²) in [5.41, 5.74) is 7.55. The van der Waals surface area contributed by atoms with Crippen molar-refractivity contribution in [1.29, 1.82) is 0 Å². The van der Waals surface area contributed by atoms with E-state index in [0.717, 1.165) is 10.9 Å². The van der Waals surface area contributed by atoms with E-state index < -0.39 is 0 Å². The lowest BCUT2D eigenvalue weighted by atomic mass is 9.85. The van der Waals surface area contributed by atoms with Gasteiger partial charge in [-0.15, -0.1) is 0 Å².